The third-order valence-electron chi connectivity index (χ3n) is 2.02. The lowest BCUT2D eigenvalue weighted by molar-refractivity contribution is 0.391. The molecule has 1 rings (SSSR count). The molecule has 0 aromatic carbocycles. The van der Waals surface area contributed by atoms with E-state index >= 15 is 0 Å². The first-order valence-corrected chi connectivity index (χ1v) is 6.55. The molecule has 1 aromatic heterocycles. The molecule has 0 spiro atoms. The fourth-order valence-corrected chi connectivity index (χ4v) is 2.38. The van der Waals surface area contributed by atoms with E-state index in [0.717, 1.165) is 5.56 Å². The molecule has 0 aliphatic rings. The Morgan fingerprint density at radius 2 is 2.13 bits per heavy atom. The molecule has 1 aromatic rings. The fourth-order valence-electron chi connectivity index (χ4n) is 1.47. The second kappa shape index (κ2) is 4.51. The van der Waals surface area contributed by atoms with Crippen LogP contribution in [0.1, 0.15) is 30.0 Å². The summed E-state index contributed by atoms with van der Waals surface area (Å²) in [6.45, 7) is 5.22. The summed E-state index contributed by atoms with van der Waals surface area (Å²) in [5.74, 6) is 0.609. The summed E-state index contributed by atoms with van der Waals surface area (Å²) in [4.78, 5) is 0. The van der Waals surface area contributed by atoms with Crippen LogP contribution >= 0.6 is 11.6 Å². The fraction of sp³-hybridized carbons (Fsp3) is 0.625. The molecule has 0 radical (unpaired) electrons. The largest absolute Gasteiger partial charge is 0.361 e. The Morgan fingerprint density at radius 3 is 2.53 bits per heavy atom. The number of hydrogen-bond acceptors (Lipinski definition) is 4. The summed E-state index contributed by atoms with van der Waals surface area (Å²) in [5, 5.41) is 3.29. The third kappa shape index (κ3) is 2.93. The van der Waals surface area contributed by atoms with Crippen molar-refractivity contribution >= 4 is 21.6 Å². The molecule has 0 aliphatic heterocycles. The molecule has 0 bridgehead atoms. The van der Waals surface area contributed by atoms with Gasteiger partial charge in [0.05, 0.1) is 5.69 Å². The average Bonchev–Trinajstić information content (AvgIpc) is 2.45. The number of sulfonamides is 1. The smallest absolute Gasteiger partial charge is 0.226 e. The Hall–Kier alpha value is -0.590. The van der Waals surface area contributed by atoms with Gasteiger partial charge in [-0.05, 0) is 20.8 Å². The number of aryl methyl sites for hydroxylation is 2. The number of alkyl halides is 1. The minimum Gasteiger partial charge on any atom is -0.361 e. The molecule has 1 N–H and O–H groups in total. The van der Waals surface area contributed by atoms with Crippen LogP contribution in [-0.2, 0) is 10.0 Å². The molecule has 0 fully saturated rings. The van der Waals surface area contributed by atoms with Gasteiger partial charge in [0.25, 0.3) is 0 Å². The SMILES string of the molecule is Cc1noc(C)c1C(C)NS(=O)(=O)CCl. The number of halogens is 1. The maximum absolute atomic E-state index is 11.2. The Labute approximate surface area is 93.8 Å². The van der Waals surface area contributed by atoms with Crippen molar-refractivity contribution in [3.05, 3.63) is 17.0 Å². The van der Waals surface area contributed by atoms with Crippen molar-refractivity contribution in [2.45, 2.75) is 26.8 Å². The lowest BCUT2D eigenvalue weighted by Crippen LogP contribution is -2.28. The zero-order chi connectivity index (χ0) is 11.6. The highest BCUT2D eigenvalue weighted by molar-refractivity contribution is 7.90. The molecule has 0 saturated heterocycles. The Morgan fingerprint density at radius 1 is 1.53 bits per heavy atom. The van der Waals surface area contributed by atoms with Gasteiger partial charge in [0, 0.05) is 11.6 Å². The second-order valence-electron chi connectivity index (χ2n) is 3.30. The molecule has 1 heterocycles. The second-order valence-corrected chi connectivity index (χ2v) is 5.64. The molecule has 0 saturated carbocycles. The van der Waals surface area contributed by atoms with E-state index in [4.69, 9.17) is 16.1 Å². The number of aromatic nitrogens is 1. The zero-order valence-corrected chi connectivity index (χ0v) is 10.3. The Bertz CT molecular complexity index is 421. The summed E-state index contributed by atoms with van der Waals surface area (Å²) >= 11 is 5.29. The predicted octanol–water partition coefficient (Wildman–Crippen LogP) is 1.47. The number of rotatable bonds is 4. The van der Waals surface area contributed by atoms with E-state index in [2.05, 4.69) is 9.88 Å². The van der Waals surface area contributed by atoms with E-state index in [1.165, 1.54) is 0 Å². The molecule has 0 aliphatic carbocycles. The van der Waals surface area contributed by atoms with Gasteiger partial charge in [-0.25, -0.2) is 13.1 Å². The van der Waals surface area contributed by atoms with E-state index < -0.39 is 15.2 Å². The van der Waals surface area contributed by atoms with Gasteiger partial charge in [-0.2, -0.15) is 0 Å². The molecule has 7 heteroatoms. The highest BCUT2D eigenvalue weighted by atomic mass is 35.5. The first-order valence-electron chi connectivity index (χ1n) is 4.36. The molecule has 86 valence electrons. The zero-order valence-electron chi connectivity index (χ0n) is 8.74. The lowest BCUT2D eigenvalue weighted by Gasteiger charge is -2.12. The predicted molar refractivity (Wildman–Crippen MR) is 57.2 cm³/mol. The monoisotopic (exact) mass is 252 g/mol. The molecule has 1 unspecified atom stereocenters. The van der Waals surface area contributed by atoms with Crippen molar-refractivity contribution in [1.82, 2.24) is 9.88 Å². The molecule has 0 amide bonds. The Kier molecular flexibility index (Phi) is 3.75. The van der Waals surface area contributed by atoms with Gasteiger partial charge in [-0.3, -0.25) is 0 Å². The van der Waals surface area contributed by atoms with Crippen LogP contribution in [0.15, 0.2) is 4.52 Å². The first kappa shape index (κ1) is 12.5. The van der Waals surface area contributed by atoms with Crippen LogP contribution in [0.4, 0.5) is 0 Å². The number of nitrogens with one attached hydrogen (secondary N) is 1. The normalized spacial score (nSPS) is 14.1. The van der Waals surface area contributed by atoms with Crippen LogP contribution in [0.25, 0.3) is 0 Å². The summed E-state index contributed by atoms with van der Waals surface area (Å²) in [6.07, 6.45) is 0. The van der Waals surface area contributed by atoms with E-state index in [0.29, 0.717) is 11.5 Å². The minimum absolute atomic E-state index is 0.389. The maximum atomic E-state index is 11.2. The van der Waals surface area contributed by atoms with Gasteiger partial charge in [0.15, 0.2) is 0 Å². The van der Waals surface area contributed by atoms with E-state index in [9.17, 15) is 8.42 Å². The topological polar surface area (TPSA) is 72.2 Å². The van der Waals surface area contributed by atoms with Crippen LogP contribution in [0.3, 0.4) is 0 Å². The van der Waals surface area contributed by atoms with Crippen molar-refractivity contribution in [1.29, 1.82) is 0 Å². The van der Waals surface area contributed by atoms with Gasteiger partial charge in [-0.1, -0.05) is 5.16 Å². The summed E-state index contributed by atoms with van der Waals surface area (Å²) in [5.41, 5.74) is 1.43. The van der Waals surface area contributed by atoms with E-state index in [1.807, 2.05) is 0 Å². The number of nitrogens with zero attached hydrogens (tertiary/aromatic N) is 1. The van der Waals surface area contributed by atoms with Gasteiger partial charge >= 0.3 is 0 Å². The highest BCUT2D eigenvalue weighted by Crippen LogP contribution is 2.21. The van der Waals surface area contributed by atoms with Crippen molar-refractivity contribution in [3.63, 3.8) is 0 Å². The Balaban J connectivity index is 2.91. The summed E-state index contributed by atoms with van der Waals surface area (Å²) in [6, 6.07) is -0.389. The first-order chi connectivity index (χ1) is 6.87. The van der Waals surface area contributed by atoms with Crippen LogP contribution in [0.5, 0.6) is 0 Å². The van der Waals surface area contributed by atoms with Crippen molar-refractivity contribution in [2.75, 3.05) is 5.21 Å². The maximum Gasteiger partial charge on any atom is 0.226 e. The highest BCUT2D eigenvalue weighted by Gasteiger charge is 2.20. The summed E-state index contributed by atoms with van der Waals surface area (Å²) < 4.78 is 29.8. The van der Waals surface area contributed by atoms with Gasteiger partial charge in [-0.15, -0.1) is 11.6 Å². The van der Waals surface area contributed by atoms with Crippen molar-refractivity contribution in [3.8, 4) is 0 Å². The lowest BCUT2D eigenvalue weighted by atomic mass is 10.1. The van der Waals surface area contributed by atoms with Crippen molar-refractivity contribution < 1.29 is 12.9 Å². The van der Waals surface area contributed by atoms with Gasteiger partial charge in [0.2, 0.25) is 10.0 Å². The van der Waals surface area contributed by atoms with E-state index in [-0.39, 0.29) is 6.04 Å². The van der Waals surface area contributed by atoms with Crippen LogP contribution < -0.4 is 4.72 Å². The minimum atomic E-state index is -3.43. The molecule has 15 heavy (non-hydrogen) atoms. The van der Waals surface area contributed by atoms with Gasteiger partial charge in [0.1, 0.15) is 11.0 Å². The molecule has 1 atom stereocenters. The summed E-state index contributed by atoms with van der Waals surface area (Å²) in [7, 11) is -3.43. The van der Waals surface area contributed by atoms with Crippen molar-refractivity contribution in [2.24, 2.45) is 0 Å². The van der Waals surface area contributed by atoms with E-state index in [1.54, 1.807) is 20.8 Å². The third-order valence-corrected chi connectivity index (χ3v) is 3.88. The average molecular weight is 253 g/mol. The molecular weight excluding hydrogens is 240 g/mol. The van der Waals surface area contributed by atoms with Crippen LogP contribution in [0, 0.1) is 13.8 Å². The standard InChI is InChI=1S/C8H13ClN2O3S/c1-5-8(7(3)14-10-5)6(2)11-15(12,13)4-9/h6,11H,4H2,1-3H3. The van der Waals surface area contributed by atoms with Gasteiger partial charge < -0.3 is 4.52 Å². The van der Waals surface area contributed by atoms with Crippen LogP contribution in [0.2, 0.25) is 0 Å². The molecule has 5 nitrogen and oxygen atoms in total. The molecular formula is C8H13ClN2O3S. The number of hydrogen-bond donors (Lipinski definition) is 1. The quantitative estimate of drug-likeness (QED) is 0.824. The van der Waals surface area contributed by atoms with Crippen LogP contribution in [-0.4, -0.2) is 18.8 Å².